The second-order valence-electron chi connectivity index (χ2n) is 5.44. The summed E-state index contributed by atoms with van der Waals surface area (Å²) in [6, 6.07) is 5.29. The van der Waals surface area contributed by atoms with Crippen molar-refractivity contribution < 1.29 is 4.92 Å². The maximum atomic E-state index is 11.1. The van der Waals surface area contributed by atoms with Crippen LogP contribution in [0.4, 0.5) is 11.4 Å². The lowest BCUT2D eigenvalue weighted by molar-refractivity contribution is -0.384. The number of para-hydroxylation sites is 1. The molecule has 1 N–H and O–H groups in total. The van der Waals surface area contributed by atoms with Crippen LogP contribution < -0.4 is 5.32 Å². The second kappa shape index (κ2) is 7.38. The molecule has 0 bridgehead atoms. The Morgan fingerprint density at radius 3 is 2.48 bits per heavy atom. The minimum Gasteiger partial charge on any atom is -0.382 e. The van der Waals surface area contributed by atoms with Crippen molar-refractivity contribution in [3.8, 4) is 0 Å². The number of hydrogen-bond donors (Lipinski definition) is 1. The zero-order valence-corrected chi connectivity index (χ0v) is 12.8. The van der Waals surface area contributed by atoms with E-state index in [2.05, 4.69) is 22.0 Å². The Morgan fingerprint density at radius 1 is 1.24 bits per heavy atom. The third-order valence-electron chi connectivity index (χ3n) is 3.97. The lowest BCUT2D eigenvalue weighted by Gasteiger charge is -2.34. The molecule has 1 aromatic rings. The zero-order chi connectivity index (χ0) is 15.2. The summed E-state index contributed by atoms with van der Waals surface area (Å²) in [5.41, 5.74) is 1.79. The van der Waals surface area contributed by atoms with Crippen molar-refractivity contribution in [2.75, 3.05) is 45.1 Å². The van der Waals surface area contributed by atoms with Crippen LogP contribution in [0.3, 0.4) is 0 Å². The summed E-state index contributed by atoms with van der Waals surface area (Å²) < 4.78 is 0. The fourth-order valence-electron chi connectivity index (χ4n) is 2.89. The predicted octanol–water partition coefficient (Wildman–Crippen LogP) is 2.16. The Labute approximate surface area is 125 Å². The maximum absolute atomic E-state index is 11.1. The summed E-state index contributed by atoms with van der Waals surface area (Å²) >= 11 is 0. The highest BCUT2D eigenvalue weighted by Gasteiger charge is 2.20. The van der Waals surface area contributed by atoms with Crippen molar-refractivity contribution >= 4 is 11.4 Å². The van der Waals surface area contributed by atoms with E-state index in [4.69, 9.17) is 0 Å². The van der Waals surface area contributed by atoms with Gasteiger partial charge in [0, 0.05) is 45.8 Å². The van der Waals surface area contributed by atoms with E-state index >= 15 is 0 Å². The van der Waals surface area contributed by atoms with Crippen LogP contribution in [-0.2, 0) is 6.54 Å². The van der Waals surface area contributed by atoms with E-state index in [-0.39, 0.29) is 10.6 Å². The summed E-state index contributed by atoms with van der Waals surface area (Å²) in [4.78, 5) is 15.6. The average Bonchev–Trinajstić information content (AvgIpc) is 2.49. The molecule has 1 heterocycles. The quantitative estimate of drug-likeness (QED) is 0.643. The number of nitrogens with one attached hydrogen (secondary N) is 1. The minimum absolute atomic E-state index is 0.152. The molecule has 0 radical (unpaired) electrons. The topological polar surface area (TPSA) is 61.7 Å². The molecule has 1 aliphatic rings. The minimum atomic E-state index is -0.325. The molecule has 0 saturated carbocycles. The fourth-order valence-corrected chi connectivity index (χ4v) is 2.89. The van der Waals surface area contributed by atoms with Crippen molar-refractivity contribution in [3.63, 3.8) is 0 Å². The number of anilines is 1. The molecule has 0 aliphatic carbocycles. The van der Waals surface area contributed by atoms with Crippen LogP contribution in [0.25, 0.3) is 0 Å². The Morgan fingerprint density at radius 2 is 1.90 bits per heavy atom. The van der Waals surface area contributed by atoms with Gasteiger partial charge in [-0.15, -0.1) is 0 Å². The van der Waals surface area contributed by atoms with Gasteiger partial charge in [0.25, 0.3) is 5.69 Å². The number of hydrogen-bond acceptors (Lipinski definition) is 5. The number of nitro benzene ring substituents is 1. The molecule has 21 heavy (non-hydrogen) atoms. The van der Waals surface area contributed by atoms with Crippen LogP contribution in [0.2, 0.25) is 0 Å². The number of piperazine rings is 1. The Balaban J connectivity index is 2.04. The Kier molecular flexibility index (Phi) is 5.52. The monoisotopic (exact) mass is 292 g/mol. The van der Waals surface area contributed by atoms with E-state index in [1.165, 1.54) is 6.42 Å². The molecule has 0 spiro atoms. The number of rotatable bonds is 6. The van der Waals surface area contributed by atoms with Crippen molar-refractivity contribution in [2.24, 2.45) is 0 Å². The highest BCUT2D eigenvalue weighted by atomic mass is 16.6. The van der Waals surface area contributed by atoms with Crippen molar-refractivity contribution in [1.29, 1.82) is 0 Å². The first-order valence-corrected chi connectivity index (χ1v) is 7.54. The van der Waals surface area contributed by atoms with Gasteiger partial charge in [-0.1, -0.05) is 19.1 Å². The first-order valence-electron chi connectivity index (χ1n) is 7.54. The third-order valence-corrected chi connectivity index (χ3v) is 3.97. The summed E-state index contributed by atoms with van der Waals surface area (Å²) in [7, 11) is 1.74. The van der Waals surface area contributed by atoms with Gasteiger partial charge in [0.15, 0.2) is 0 Å². The van der Waals surface area contributed by atoms with E-state index in [0.29, 0.717) is 5.69 Å². The Hall–Kier alpha value is -1.66. The first-order chi connectivity index (χ1) is 10.2. The van der Waals surface area contributed by atoms with Gasteiger partial charge < -0.3 is 10.2 Å². The molecular formula is C15H24N4O2. The van der Waals surface area contributed by atoms with Gasteiger partial charge in [0.1, 0.15) is 5.69 Å². The maximum Gasteiger partial charge on any atom is 0.292 e. The van der Waals surface area contributed by atoms with Gasteiger partial charge in [-0.3, -0.25) is 15.0 Å². The average molecular weight is 292 g/mol. The first kappa shape index (κ1) is 15.7. The molecule has 1 aromatic carbocycles. The van der Waals surface area contributed by atoms with Crippen molar-refractivity contribution in [2.45, 2.75) is 19.9 Å². The highest BCUT2D eigenvalue weighted by Crippen LogP contribution is 2.28. The highest BCUT2D eigenvalue weighted by molar-refractivity contribution is 5.66. The predicted molar refractivity (Wildman–Crippen MR) is 84.7 cm³/mol. The van der Waals surface area contributed by atoms with E-state index in [0.717, 1.165) is 44.8 Å². The molecule has 2 rings (SSSR count). The molecule has 0 atom stereocenters. The van der Waals surface area contributed by atoms with Crippen LogP contribution in [0.5, 0.6) is 0 Å². The molecule has 0 amide bonds. The van der Waals surface area contributed by atoms with E-state index in [1.54, 1.807) is 19.2 Å². The summed E-state index contributed by atoms with van der Waals surface area (Å²) in [5.74, 6) is 0. The van der Waals surface area contributed by atoms with E-state index in [9.17, 15) is 10.1 Å². The van der Waals surface area contributed by atoms with Crippen LogP contribution in [0.15, 0.2) is 18.2 Å². The van der Waals surface area contributed by atoms with Gasteiger partial charge in [-0.25, -0.2) is 0 Å². The molecule has 1 saturated heterocycles. The second-order valence-corrected chi connectivity index (χ2v) is 5.44. The SMILES string of the molecule is CCCN1CCN(Cc2cccc([N+](=O)[O-])c2NC)CC1. The standard InChI is InChI=1S/C15H24N4O2/c1-3-7-17-8-10-18(11-9-17)12-13-5-4-6-14(19(20)21)15(13)16-2/h4-6,16H,3,7-12H2,1-2H3. The summed E-state index contributed by atoms with van der Waals surface area (Å²) in [6.45, 7) is 8.33. The largest absolute Gasteiger partial charge is 0.382 e. The lowest BCUT2D eigenvalue weighted by atomic mass is 10.1. The molecule has 1 fully saturated rings. The third kappa shape index (κ3) is 3.92. The van der Waals surface area contributed by atoms with Gasteiger partial charge in [-0.05, 0) is 18.5 Å². The molecule has 6 nitrogen and oxygen atoms in total. The van der Waals surface area contributed by atoms with Gasteiger partial charge in [0.05, 0.1) is 4.92 Å². The molecule has 0 aromatic heterocycles. The molecule has 1 aliphatic heterocycles. The number of nitrogens with zero attached hydrogens (tertiary/aromatic N) is 3. The molecule has 116 valence electrons. The van der Waals surface area contributed by atoms with Crippen LogP contribution in [0, 0.1) is 10.1 Å². The zero-order valence-electron chi connectivity index (χ0n) is 12.8. The van der Waals surface area contributed by atoms with Gasteiger partial charge in [0.2, 0.25) is 0 Å². The van der Waals surface area contributed by atoms with Crippen molar-refractivity contribution in [3.05, 3.63) is 33.9 Å². The van der Waals surface area contributed by atoms with E-state index < -0.39 is 0 Å². The molecule has 0 unspecified atom stereocenters. The summed E-state index contributed by atoms with van der Waals surface area (Å²) in [5, 5.41) is 14.1. The van der Waals surface area contributed by atoms with Crippen LogP contribution in [-0.4, -0.2) is 54.5 Å². The molecular weight excluding hydrogens is 268 g/mol. The Bertz CT molecular complexity index is 485. The molecule has 6 heteroatoms. The summed E-state index contributed by atoms with van der Waals surface area (Å²) in [6.07, 6.45) is 1.19. The van der Waals surface area contributed by atoms with Crippen LogP contribution >= 0.6 is 0 Å². The number of nitro groups is 1. The van der Waals surface area contributed by atoms with Gasteiger partial charge in [-0.2, -0.15) is 0 Å². The fraction of sp³-hybridized carbons (Fsp3) is 0.600. The smallest absolute Gasteiger partial charge is 0.292 e. The number of benzene rings is 1. The van der Waals surface area contributed by atoms with Gasteiger partial charge >= 0.3 is 0 Å². The van der Waals surface area contributed by atoms with Crippen LogP contribution in [0.1, 0.15) is 18.9 Å². The lowest BCUT2D eigenvalue weighted by Crippen LogP contribution is -2.46. The van der Waals surface area contributed by atoms with Crippen molar-refractivity contribution in [1.82, 2.24) is 9.80 Å². The van der Waals surface area contributed by atoms with E-state index in [1.807, 2.05) is 6.07 Å². The normalized spacial score (nSPS) is 16.9.